The van der Waals surface area contributed by atoms with Gasteiger partial charge in [0.2, 0.25) is 0 Å². The summed E-state index contributed by atoms with van der Waals surface area (Å²) in [7, 11) is 0. The molecule has 0 bridgehead atoms. The van der Waals surface area contributed by atoms with E-state index in [0.717, 1.165) is 22.0 Å². The molecular formula is C22H28ClN3O4. The molecule has 162 valence electrons. The van der Waals surface area contributed by atoms with E-state index in [9.17, 15) is 9.59 Å². The first kappa shape index (κ1) is 25.2. The van der Waals surface area contributed by atoms with Gasteiger partial charge in [0.25, 0.3) is 0 Å². The molecule has 0 saturated heterocycles. The number of carbonyl (C=O) groups is 2. The lowest BCUT2D eigenvalue weighted by Crippen LogP contribution is -2.34. The molecule has 0 spiro atoms. The minimum atomic E-state index is -0.828. The maximum Gasteiger partial charge on any atom is 0.323 e. The molecule has 8 heteroatoms. The summed E-state index contributed by atoms with van der Waals surface area (Å²) in [5, 5.41) is 12.2. The van der Waals surface area contributed by atoms with Crippen LogP contribution in [0.2, 0.25) is 0 Å². The van der Waals surface area contributed by atoms with Gasteiger partial charge in [0.15, 0.2) is 0 Å². The third-order valence-electron chi connectivity index (χ3n) is 4.15. The molecule has 0 aliphatic heterocycles. The van der Waals surface area contributed by atoms with Crippen molar-refractivity contribution in [1.82, 2.24) is 10.3 Å². The van der Waals surface area contributed by atoms with Crippen molar-refractivity contribution in [3.05, 3.63) is 71.9 Å². The largest absolute Gasteiger partial charge is 0.480 e. The van der Waals surface area contributed by atoms with Crippen molar-refractivity contribution in [3.8, 4) is 0 Å². The van der Waals surface area contributed by atoms with E-state index in [1.165, 1.54) is 0 Å². The summed E-state index contributed by atoms with van der Waals surface area (Å²) in [5.41, 5.74) is 8.99. The van der Waals surface area contributed by atoms with Gasteiger partial charge in [0.1, 0.15) is 6.04 Å². The molecule has 1 atom stereocenters. The van der Waals surface area contributed by atoms with Crippen molar-refractivity contribution >= 4 is 35.2 Å². The van der Waals surface area contributed by atoms with Crippen molar-refractivity contribution < 1.29 is 19.4 Å². The van der Waals surface area contributed by atoms with Crippen LogP contribution in [0.1, 0.15) is 18.1 Å². The molecule has 0 saturated carbocycles. The van der Waals surface area contributed by atoms with E-state index in [1.807, 2.05) is 60.8 Å². The predicted octanol–water partition coefficient (Wildman–Crippen LogP) is 2.88. The summed E-state index contributed by atoms with van der Waals surface area (Å²) in [5.74, 6) is -1.18. The molecule has 0 fully saturated rings. The Morgan fingerprint density at radius 3 is 2.47 bits per heavy atom. The van der Waals surface area contributed by atoms with E-state index in [4.69, 9.17) is 15.6 Å². The Bertz CT molecular complexity index is 915. The number of benzene rings is 2. The van der Waals surface area contributed by atoms with Gasteiger partial charge in [-0.25, -0.2) is 0 Å². The number of carboxylic acid groups (broad SMARTS) is 1. The third kappa shape index (κ3) is 8.24. The molecule has 1 aromatic heterocycles. The van der Waals surface area contributed by atoms with Crippen LogP contribution in [0, 0.1) is 0 Å². The highest BCUT2D eigenvalue weighted by atomic mass is 35.5. The second-order valence-corrected chi connectivity index (χ2v) is 6.41. The summed E-state index contributed by atoms with van der Waals surface area (Å²) in [6.07, 6.45) is 2.38. The smallest absolute Gasteiger partial charge is 0.323 e. The van der Waals surface area contributed by atoms with E-state index < -0.39 is 12.0 Å². The molecule has 5 N–H and O–H groups in total. The van der Waals surface area contributed by atoms with Crippen molar-refractivity contribution in [2.24, 2.45) is 5.73 Å². The number of aromatic amines is 1. The Morgan fingerprint density at radius 1 is 1.13 bits per heavy atom. The average Bonchev–Trinajstić information content (AvgIpc) is 3.12. The Kier molecular flexibility index (Phi) is 11.2. The number of hydrogen-bond donors (Lipinski definition) is 4. The molecule has 2 aromatic carbocycles. The highest BCUT2D eigenvalue weighted by Gasteiger charge is 2.16. The Morgan fingerprint density at radius 2 is 1.80 bits per heavy atom. The fourth-order valence-electron chi connectivity index (χ4n) is 2.78. The zero-order valence-electron chi connectivity index (χ0n) is 16.8. The van der Waals surface area contributed by atoms with Crippen LogP contribution in [0.15, 0.2) is 60.8 Å². The van der Waals surface area contributed by atoms with Gasteiger partial charge in [0, 0.05) is 30.1 Å². The third-order valence-corrected chi connectivity index (χ3v) is 4.15. The first-order valence-electron chi connectivity index (χ1n) is 9.45. The summed E-state index contributed by atoms with van der Waals surface area (Å²) in [6.45, 7) is 2.75. The zero-order chi connectivity index (χ0) is 21.1. The van der Waals surface area contributed by atoms with Crippen molar-refractivity contribution in [2.45, 2.75) is 25.9 Å². The molecule has 0 amide bonds. The first-order valence-corrected chi connectivity index (χ1v) is 9.45. The summed E-state index contributed by atoms with van der Waals surface area (Å²) in [6, 6.07) is 17.0. The number of esters is 1. The summed E-state index contributed by atoms with van der Waals surface area (Å²) >= 11 is 0. The lowest BCUT2D eigenvalue weighted by molar-refractivity contribution is -0.144. The second kappa shape index (κ2) is 13.4. The lowest BCUT2D eigenvalue weighted by Gasteiger charge is -2.09. The number of aliphatic carboxylic acids is 1. The van der Waals surface area contributed by atoms with E-state index in [1.54, 1.807) is 6.92 Å². The van der Waals surface area contributed by atoms with Crippen LogP contribution in [0.25, 0.3) is 10.9 Å². The fraction of sp³-hybridized carbons (Fsp3) is 0.273. The van der Waals surface area contributed by atoms with Gasteiger partial charge in [-0.1, -0.05) is 48.5 Å². The average molecular weight is 434 g/mol. The minimum Gasteiger partial charge on any atom is -0.480 e. The summed E-state index contributed by atoms with van der Waals surface area (Å²) in [4.78, 5) is 24.7. The van der Waals surface area contributed by atoms with Crippen molar-refractivity contribution in [3.63, 3.8) is 0 Å². The van der Waals surface area contributed by atoms with Gasteiger partial charge < -0.3 is 25.9 Å². The number of carbonyl (C=O) groups excluding carboxylic acids is 1. The molecule has 0 unspecified atom stereocenters. The monoisotopic (exact) mass is 433 g/mol. The molecule has 0 radical (unpaired) electrons. The van der Waals surface area contributed by atoms with Gasteiger partial charge in [-0.3, -0.25) is 9.59 Å². The Labute approximate surface area is 182 Å². The molecule has 30 heavy (non-hydrogen) atoms. The van der Waals surface area contributed by atoms with Crippen LogP contribution in [0.3, 0.4) is 0 Å². The zero-order valence-corrected chi connectivity index (χ0v) is 17.7. The van der Waals surface area contributed by atoms with Crippen molar-refractivity contribution in [2.75, 3.05) is 13.2 Å². The SMILES string of the molecule is CCOC(=O)[C@H](N)Cc1c[nH]c2ccccc12.Cl.O=C(O)CNCc1ccccc1. The van der Waals surface area contributed by atoms with Gasteiger partial charge >= 0.3 is 11.9 Å². The van der Waals surface area contributed by atoms with Crippen LogP contribution in [0.5, 0.6) is 0 Å². The van der Waals surface area contributed by atoms with Gasteiger partial charge in [0.05, 0.1) is 13.2 Å². The molecule has 0 aliphatic rings. The number of ether oxygens (including phenoxy) is 1. The van der Waals surface area contributed by atoms with E-state index in [2.05, 4.69) is 10.3 Å². The maximum absolute atomic E-state index is 11.4. The quantitative estimate of drug-likeness (QED) is 0.406. The van der Waals surface area contributed by atoms with Crippen LogP contribution < -0.4 is 11.1 Å². The van der Waals surface area contributed by atoms with E-state index in [-0.39, 0.29) is 24.9 Å². The summed E-state index contributed by atoms with van der Waals surface area (Å²) < 4.78 is 4.89. The molecule has 0 aliphatic carbocycles. The number of hydrogen-bond acceptors (Lipinski definition) is 5. The molecule has 3 aromatic rings. The second-order valence-electron chi connectivity index (χ2n) is 6.41. The number of para-hydroxylation sites is 1. The number of halogens is 1. The fourth-order valence-corrected chi connectivity index (χ4v) is 2.78. The van der Waals surface area contributed by atoms with Crippen LogP contribution in [-0.2, 0) is 27.3 Å². The number of nitrogens with two attached hydrogens (primary N) is 1. The van der Waals surface area contributed by atoms with Crippen LogP contribution >= 0.6 is 12.4 Å². The molecule has 3 rings (SSSR count). The molecule has 1 heterocycles. The van der Waals surface area contributed by atoms with E-state index in [0.29, 0.717) is 19.6 Å². The van der Waals surface area contributed by atoms with Crippen LogP contribution in [-0.4, -0.2) is 41.2 Å². The highest BCUT2D eigenvalue weighted by Crippen LogP contribution is 2.18. The molecule has 7 nitrogen and oxygen atoms in total. The number of fused-ring (bicyclic) bond motifs is 1. The van der Waals surface area contributed by atoms with Gasteiger partial charge in [-0.2, -0.15) is 0 Å². The number of carboxylic acids is 1. The van der Waals surface area contributed by atoms with Crippen molar-refractivity contribution in [1.29, 1.82) is 0 Å². The normalized spacial score (nSPS) is 11.0. The standard InChI is InChI=1S/C13H16N2O2.C9H11NO2.ClH/c1-2-17-13(16)11(14)7-9-8-15-12-6-4-3-5-10(9)12;11-9(12)7-10-6-8-4-2-1-3-5-8;/h3-6,8,11,15H,2,7,14H2,1H3;1-5,10H,6-7H2,(H,11,12);1H/t11-;;/m1../s1. The highest BCUT2D eigenvalue weighted by molar-refractivity contribution is 5.85. The number of rotatable bonds is 8. The van der Waals surface area contributed by atoms with Crippen LogP contribution in [0.4, 0.5) is 0 Å². The number of nitrogens with one attached hydrogen (secondary N) is 2. The maximum atomic E-state index is 11.4. The number of aromatic nitrogens is 1. The first-order chi connectivity index (χ1) is 14.0. The van der Waals surface area contributed by atoms with E-state index >= 15 is 0 Å². The lowest BCUT2D eigenvalue weighted by atomic mass is 10.1. The Balaban J connectivity index is 0.000000308. The van der Waals surface area contributed by atoms with Gasteiger partial charge in [-0.15, -0.1) is 12.4 Å². The predicted molar refractivity (Wildman–Crippen MR) is 120 cm³/mol. The van der Waals surface area contributed by atoms with Gasteiger partial charge in [-0.05, 0) is 24.1 Å². The minimum absolute atomic E-state index is 0. The topological polar surface area (TPSA) is 117 Å². The molecular weight excluding hydrogens is 406 g/mol. The number of H-pyrrole nitrogens is 1. The Hall–Kier alpha value is -2.87.